The van der Waals surface area contributed by atoms with E-state index in [1.54, 1.807) is 0 Å². The summed E-state index contributed by atoms with van der Waals surface area (Å²) in [6.45, 7) is 2.95. The Morgan fingerprint density at radius 1 is 1.29 bits per heavy atom. The lowest BCUT2D eigenvalue weighted by atomic mass is 10.1. The summed E-state index contributed by atoms with van der Waals surface area (Å²) in [4.78, 5) is 12.2. The van der Waals surface area contributed by atoms with Crippen LogP contribution in [0.5, 0.6) is 0 Å². The van der Waals surface area contributed by atoms with Crippen LogP contribution in [0.3, 0.4) is 0 Å². The van der Waals surface area contributed by atoms with Crippen LogP contribution in [0, 0.1) is 5.82 Å². The molecule has 1 N–H and O–H groups in total. The standard InChI is InChI=1S/C16H15BrFNO2/c1-2-21-10-12-5-3-4-6-15(12)19-16(20)11-7-8-14(18)13(17)9-11/h3-9H,2,10H2,1H3,(H,19,20). The predicted octanol–water partition coefficient (Wildman–Crippen LogP) is 4.38. The first-order valence-corrected chi connectivity index (χ1v) is 7.33. The van der Waals surface area contributed by atoms with E-state index in [4.69, 9.17) is 4.74 Å². The van der Waals surface area contributed by atoms with E-state index in [-0.39, 0.29) is 10.4 Å². The fourth-order valence-electron chi connectivity index (χ4n) is 1.81. The van der Waals surface area contributed by atoms with Crippen LogP contribution in [0.4, 0.5) is 10.1 Å². The van der Waals surface area contributed by atoms with Gasteiger partial charge in [0.15, 0.2) is 0 Å². The van der Waals surface area contributed by atoms with E-state index in [0.717, 1.165) is 5.56 Å². The van der Waals surface area contributed by atoms with E-state index < -0.39 is 5.82 Å². The lowest BCUT2D eigenvalue weighted by Gasteiger charge is -2.11. The third-order valence-electron chi connectivity index (χ3n) is 2.91. The molecule has 0 bridgehead atoms. The second-order valence-corrected chi connectivity index (χ2v) is 5.23. The lowest BCUT2D eigenvalue weighted by Crippen LogP contribution is -2.13. The van der Waals surface area contributed by atoms with Gasteiger partial charge in [0.1, 0.15) is 5.82 Å². The Bertz CT molecular complexity index is 646. The topological polar surface area (TPSA) is 38.3 Å². The molecule has 0 aliphatic heterocycles. The van der Waals surface area contributed by atoms with Gasteiger partial charge in [-0.25, -0.2) is 4.39 Å². The second-order valence-electron chi connectivity index (χ2n) is 4.38. The summed E-state index contributed by atoms with van der Waals surface area (Å²) in [5.74, 6) is -0.692. The van der Waals surface area contributed by atoms with Crippen LogP contribution in [0.1, 0.15) is 22.8 Å². The Hall–Kier alpha value is -1.72. The van der Waals surface area contributed by atoms with E-state index >= 15 is 0 Å². The molecule has 2 aromatic carbocycles. The monoisotopic (exact) mass is 351 g/mol. The van der Waals surface area contributed by atoms with Crippen LogP contribution in [0.25, 0.3) is 0 Å². The number of carbonyl (C=O) groups excluding carboxylic acids is 1. The number of ether oxygens (including phenoxy) is 1. The van der Waals surface area contributed by atoms with Gasteiger partial charge in [0.05, 0.1) is 11.1 Å². The minimum absolute atomic E-state index is 0.262. The fourth-order valence-corrected chi connectivity index (χ4v) is 2.19. The summed E-state index contributed by atoms with van der Waals surface area (Å²) >= 11 is 3.07. The van der Waals surface area contributed by atoms with Crippen LogP contribution in [-0.4, -0.2) is 12.5 Å². The highest BCUT2D eigenvalue weighted by atomic mass is 79.9. The van der Waals surface area contributed by atoms with Gasteiger partial charge < -0.3 is 10.1 Å². The Kier molecular flexibility index (Phi) is 5.47. The average molecular weight is 352 g/mol. The molecule has 0 fully saturated rings. The molecule has 2 aromatic rings. The maximum absolute atomic E-state index is 13.2. The van der Waals surface area contributed by atoms with Crippen LogP contribution >= 0.6 is 15.9 Å². The van der Waals surface area contributed by atoms with Crippen molar-refractivity contribution < 1.29 is 13.9 Å². The SMILES string of the molecule is CCOCc1ccccc1NC(=O)c1ccc(F)c(Br)c1. The molecule has 21 heavy (non-hydrogen) atoms. The van der Waals surface area contributed by atoms with E-state index in [1.165, 1.54) is 18.2 Å². The molecule has 0 aliphatic carbocycles. The molecule has 110 valence electrons. The van der Waals surface area contributed by atoms with Crippen molar-refractivity contribution in [1.29, 1.82) is 0 Å². The Labute approximate surface area is 131 Å². The van der Waals surface area contributed by atoms with Crippen molar-refractivity contribution in [2.24, 2.45) is 0 Å². The van der Waals surface area contributed by atoms with Gasteiger partial charge in [-0.2, -0.15) is 0 Å². The molecule has 3 nitrogen and oxygen atoms in total. The van der Waals surface area contributed by atoms with Crippen molar-refractivity contribution in [3.63, 3.8) is 0 Å². The summed E-state index contributed by atoms with van der Waals surface area (Å²) in [6.07, 6.45) is 0. The minimum atomic E-state index is -0.400. The van der Waals surface area contributed by atoms with E-state index in [1.807, 2.05) is 31.2 Å². The number of amides is 1. The van der Waals surface area contributed by atoms with Crippen molar-refractivity contribution in [3.8, 4) is 0 Å². The Balaban J connectivity index is 2.17. The van der Waals surface area contributed by atoms with Crippen molar-refractivity contribution >= 4 is 27.5 Å². The zero-order valence-corrected chi connectivity index (χ0v) is 13.1. The second kappa shape index (κ2) is 7.33. The van der Waals surface area contributed by atoms with Crippen molar-refractivity contribution in [3.05, 3.63) is 63.9 Å². The van der Waals surface area contributed by atoms with Gasteiger partial charge >= 0.3 is 0 Å². The number of halogens is 2. The Morgan fingerprint density at radius 2 is 2.05 bits per heavy atom. The van der Waals surface area contributed by atoms with Crippen LogP contribution in [-0.2, 0) is 11.3 Å². The Morgan fingerprint density at radius 3 is 2.76 bits per heavy atom. The van der Waals surface area contributed by atoms with Gasteiger partial charge in [-0.1, -0.05) is 18.2 Å². The average Bonchev–Trinajstić information content (AvgIpc) is 2.49. The predicted molar refractivity (Wildman–Crippen MR) is 83.8 cm³/mol. The first-order chi connectivity index (χ1) is 10.1. The number of carbonyl (C=O) groups is 1. The molecule has 0 atom stereocenters. The van der Waals surface area contributed by atoms with E-state index in [9.17, 15) is 9.18 Å². The number of anilines is 1. The zero-order valence-electron chi connectivity index (χ0n) is 11.5. The number of benzene rings is 2. The van der Waals surface area contributed by atoms with Gasteiger partial charge in [0.25, 0.3) is 5.91 Å². The molecular formula is C16H15BrFNO2. The van der Waals surface area contributed by atoms with Gasteiger partial charge in [-0.15, -0.1) is 0 Å². The highest BCUT2D eigenvalue weighted by Crippen LogP contribution is 2.20. The smallest absolute Gasteiger partial charge is 0.255 e. The first kappa shape index (κ1) is 15.7. The van der Waals surface area contributed by atoms with Crippen molar-refractivity contribution in [2.45, 2.75) is 13.5 Å². The number of rotatable bonds is 5. The van der Waals surface area contributed by atoms with Gasteiger partial charge in [0, 0.05) is 23.4 Å². The van der Waals surface area contributed by atoms with Gasteiger partial charge in [-0.05, 0) is 47.1 Å². The summed E-state index contributed by atoms with van der Waals surface area (Å²) in [5.41, 5.74) is 1.97. The molecule has 0 heterocycles. The van der Waals surface area contributed by atoms with Crippen molar-refractivity contribution in [2.75, 3.05) is 11.9 Å². The molecule has 0 saturated carbocycles. The third kappa shape index (κ3) is 4.12. The van der Waals surface area contributed by atoms with E-state index in [2.05, 4.69) is 21.2 Å². The fraction of sp³-hybridized carbons (Fsp3) is 0.188. The van der Waals surface area contributed by atoms with Gasteiger partial charge in [0.2, 0.25) is 0 Å². The van der Waals surface area contributed by atoms with E-state index in [0.29, 0.717) is 24.5 Å². The van der Waals surface area contributed by atoms with Gasteiger partial charge in [-0.3, -0.25) is 4.79 Å². The maximum atomic E-state index is 13.2. The summed E-state index contributed by atoms with van der Waals surface area (Å²) in [7, 11) is 0. The van der Waals surface area contributed by atoms with Crippen molar-refractivity contribution in [1.82, 2.24) is 0 Å². The molecule has 0 spiro atoms. The number of hydrogen-bond donors (Lipinski definition) is 1. The summed E-state index contributed by atoms with van der Waals surface area (Å²) in [5, 5.41) is 2.82. The number of nitrogens with one attached hydrogen (secondary N) is 1. The molecule has 0 saturated heterocycles. The molecule has 0 unspecified atom stereocenters. The lowest BCUT2D eigenvalue weighted by molar-refractivity contribution is 0.102. The highest BCUT2D eigenvalue weighted by molar-refractivity contribution is 9.10. The number of para-hydroxylation sites is 1. The highest BCUT2D eigenvalue weighted by Gasteiger charge is 2.11. The molecule has 0 aromatic heterocycles. The maximum Gasteiger partial charge on any atom is 0.255 e. The van der Waals surface area contributed by atoms with Crippen LogP contribution in [0.2, 0.25) is 0 Å². The molecule has 1 amide bonds. The first-order valence-electron chi connectivity index (χ1n) is 6.54. The molecular weight excluding hydrogens is 337 g/mol. The molecule has 0 aliphatic rings. The molecule has 2 rings (SSSR count). The molecule has 0 radical (unpaired) electrons. The van der Waals surface area contributed by atoms with Crippen LogP contribution < -0.4 is 5.32 Å². The number of hydrogen-bond acceptors (Lipinski definition) is 2. The third-order valence-corrected chi connectivity index (χ3v) is 3.52. The molecule has 5 heteroatoms. The normalized spacial score (nSPS) is 10.4. The minimum Gasteiger partial charge on any atom is -0.377 e. The summed E-state index contributed by atoms with van der Waals surface area (Å²) in [6, 6.07) is 11.6. The zero-order chi connectivity index (χ0) is 15.2. The van der Waals surface area contributed by atoms with Crippen LogP contribution in [0.15, 0.2) is 46.9 Å². The summed E-state index contributed by atoms with van der Waals surface area (Å²) < 4.78 is 18.8. The quantitative estimate of drug-likeness (QED) is 0.868. The largest absolute Gasteiger partial charge is 0.377 e.